The lowest BCUT2D eigenvalue weighted by Crippen LogP contribution is -2.53. The molecule has 1 aliphatic heterocycles. The number of nitrogens with zero attached hydrogens (tertiary/aromatic N) is 2. The van der Waals surface area contributed by atoms with Crippen molar-refractivity contribution in [3.05, 3.63) is 95.7 Å². The van der Waals surface area contributed by atoms with E-state index in [0.29, 0.717) is 23.3 Å². The summed E-state index contributed by atoms with van der Waals surface area (Å²) in [5.74, 6) is 0. The van der Waals surface area contributed by atoms with E-state index in [4.69, 9.17) is 0 Å². The molecule has 0 radical (unpaired) electrons. The van der Waals surface area contributed by atoms with Gasteiger partial charge in [0.2, 0.25) is 0 Å². The molecule has 2 N–H and O–H groups in total. The topological polar surface area (TPSA) is 42.5 Å². The van der Waals surface area contributed by atoms with E-state index in [9.17, 15) is 31.4 Å². The highest BCUT2D eigenvalue weighted by Crippen LogP contribution is 2.50. The van der Waals surface area contributed by atoms with Gasteiger partial charge >= 0.3 is 12.4 Å². The fourth-order valence-electron chi connectivity index (χ4n) is 5.02. The summed E-state index contributed by atoms with van der Waals surface area (Å²) in [6.45, 7) is 5.35. The molecule has 4 aromatic rings. The van der Waals surface area contributed by atoms with Crippen molar-refractivity contribution in [2.75, 3.05) is 26.2 Å². The van der Waals surface area contributed by atoms with Crippen LogP contribution in [0.3, 0.4) is 0 Å². The number of hydrogen-bond donors (Lipinski definition) is 2. The van der Waals surface area contributed by atoms with Gasteiger partial charge in [0.25, 0.3) is 5.60 Å². The van der Waals surface area contributed by atoms with Crippen molar-refractivity contribution in [3.8, 4) is 11.1 Å². The van der Waals surface area contributed by atoms with E-state index in [2.05, 4.69) is 39.0 Å². The van der Waals surface area contributed by atoms with Crippen LogP contribution in [0.25, 0.3) is 22.0 Å². The van der Waals surface area contributed by atoms with Crippen LogP contribution in [0, 0.1) is 0 Å². The van der Waals surface area contributed by atoms with Gasteiger partial charge in [-0.1, -0.05) is 54.6 Å². The fourth-order valence-corrected chi connectivity index (χ4v) is 5.02. The molecule has 5 rings (SSSR count). The Morgan fingerprint density at radius 1 is 0.641 bits per heavy atom. The molecule has 1 aromatic heterocycles. The van der Waals surface area contributed by atoms with Crippen LogP contribution in [0.15, 0.2) is 79.0 Å². The molecule has 1 saturated heterocycles. The predicted octanol–water partition coefficient (Wildman–Crippen LogP) is 6.46. The van der Waals surface area contributed by atoms with Gasteiger partial charge in [0, 0.05) is 56.5 Å². The normalized spacial score (nSPS) is 16.2. The summed E-state index contributed by atoms with van der Waals surface area (Å²) < 4.78 is 78.8. The number of nitrogens with one attached hydrogen (secondary N) is 1. The van der Waals surface area contributed by atoms with Crippen LogP contribution in [0.4, 0.5) is 26.3 Å². The first-order chi connectivity index (χ1) is 18.4. The van der Waals surface area contributed by atoms with Crippen molar-refractivity contribution in [1.82, 2.24) is 14.8 Å². The number of aliphatic hydroxyl groups is 1. The molecule has 3 aromatic carbocycles. The van der Waals surface area contributed by atoms with Crippen molar-refractivity contribution in [2.24, 2.45) is 0 Å². The number of aromatic amines is 1. The van der Waals surface area contributed by atoms with Crippen LogP contribution in [-0.2, 0) is 18.7 Å². The minimum absolute atomic E-state index is 0.448. The molecule has 0 saturated carbocycles. The second-order valence-electron chi connectivity index (χ2n) is 9.93. The summed E-state index contributed by atoms with van der Waals surface area (Å²) in [6.07, 6.45) is -9.88. The highest BCUT2D eigenvalue weighted by molar-refractivity contribution is 5.79. The van der Waals surface area contributed by atoms with Gasteiger partial charge < -0.3 is 10.1 Å². The van der Waals surface area contributed by atoms with E-state index in [0.717, 1.165) is 62.5 Å². The molecule has 0 amide bonds. The third-order valence-corrected chi connectivity index (χ3v) is 7.31. The Kier molecular flexibility index (Phi) is 7.21. The molecule has 0 atom stereocenters. The van der Waals surface area contributed by atoms with Crippen LogP contribution in [0.1, 0.15) is 16.7 Å². The smallest absolute Gasteiger partial charge is 0.369 e. The summed E-state index contributed by atoms with van der Waals surface area (Å²) in [6, 6.07) is 19.6. The van der Waals surface area contributed by atoms with Gasteiger partial charge in [-0.15, -0.1) is 0 Å². The molecule has 0 spiro atoms. The quantitative estimate of drug-likeness (QED) is 0.272. The SMILES string of the molecule is OC(c1ccc(-c2ccc(CN3CCN(Cc4ccc5[nH]ccc5c4)CC3)cc2)cc1)(C(F)(F)F)C(F)(F)F. The van der Waals surface area contributed by atoms with Gasteiger partial charge in [-0.05, 0) is 45.8 Å². The molecule has 0 bridgehead atoms. The number of rotatable bonds is 6. The number of alkyl halides is 6. The van der Waals surface area contributed by atoms with Gasteiger partial charge in [0.15, 0.2) is 0 Å². The van der Waals surface area contributed by atoms with Crippen LogP contribution in [0.2, 0.25) is 0 Å². The molecule has 2 heterocycles. The summed E-state index contributed by atoms with van der Waals surface area (Å²) in [5.41, 5.74) is -1.64. The summed E-state index contributed by atoms with van der Waals surface area (Å²) in [5, 5.41) is 10.8. The van der Waals surface area contributed by atoms with Gasteiger partial charge in [-0.3, -0.25) is 9.80 Å². The van der Waals surface area contributed by atoms with E-state index in [-0.39, 0.29) is 0 Å². The Morgan fingerprint density at radius 3 is 1.67 bits per heavy atom. The van der Waals surface area contributed by atoms with E-state index < -0.39 is 23.5 Å². The highest BCUT2D eigenvalue weighted by Gasteiger charge is 2.71. The maximum Gasteiger partial charge on any atom is 0.430 e. The van der Waals surface area contributed by atoms with Crippen molar-refractivity contribution in [1.29, 1.82) is 0 Å². The van der Waals surface area contributed by atoms with Gasteiger partial charge in [0.05, 0.1) is 0 Å². The number of halogens is 6. The monoisotopic (exact) mass is 547 g/mol. The average Bonchev–Trinajstić information content (AvgIpc) is 3.37. The van der Waals surface area contributed by atoms with Gasteiger partial charge in [-0.25, -0.2) is 0 Å². The first-order valence-electron chi connectivity index (χ1n) is 12.5. The largest absolute Gasteiger partial charge is 0.430 e. The summed E-state index contributed by atoms with van der Waals surface area (Å²) >= 11 is 0. The molecule has 1 fully saturated rings. The zero-order chi connectivity index (χ0) is 27.8. The average molecular weight is 548 g/mol. The molecular formula is C29H27F6N3O. The van der Waals surface area contributed by atoms with Crippen LogP contribution in [0.5, 0.6) is 0 Å². The second kappa shape index (κ2) is 10.3. The molecule has 1 aliphatic rings. The van der Waals surface area contributed by atoms with Gasteiger partial charge in [0.1, 0.15) is 0 Å². The van der Waals surface area contributed by atoms with E-state index in [1.165, 1.54) is 10.9 Å². The minimum Gasteiger partial charge on any atom is -0.369 e. The maximum absolute atomic E-state index is 13.1. The van der Waals surface area contributed by atoms with E-state index in [1.807, 2.05) is 18.3 Å². The standard InChI is InChI=1S/C29H27F6N3O/c30-28(31,32)27(39,29(33,34)35)25-8-6-23(7-9-25)22-4-1-20(2-5-22)18-37-13-15-38(16-14-37)19-21-3-10-26-24(17-21)11-12-36-26/h1-12,17,36,39H,13-16,18-19H2. The summed E-state index contributed by atoms with van der Waals surface area (Å²) in [7, 11) is 0. The maximum atomic E-state index is 13.1. The van der Waals surface area contributed by atoms with Crippen molar-refractivity contribution in [2.45, 2.75) is 31.0 Å². The Labute approximate surface area is 221 Å². The van der Waals surface area contributed by atoms with E-state index >= 15 is 0 Å². The van der Waals surface area contributed by atoms with E-state index in [1.54, 1.807) is 12.1 Å². The van der Waals surface area contributed by atoms with Crippen LogP contribution < -0.4 is 0 Å². The number of aromatic nitrogens is 1. The second-order valence-corrected chi connectivity index (χ2v) is 9.93. The lowest BCUT2D eigenvalue weighted by molar-refractivity contribution is -0.376. The number of hydrogen-bond acceptors (Lipinski definition) is 3. The Bertz CT molecular complexity index is 1390. The Morgan fingerprint density at radius 2 is 1.13 bits per heavy atom. The molecule has 206 valence electrons. The first kappa shape index (κ1) is 27.2. The third-order valence-electron chi connectivity index (χ3n) is 7.31. The lowest BCUT2D eigenvalue weighted by Gasteiger charge is -2.34. The molecule has 10 heteroatoms. The molecule has 0 unspecified atom stereocenters. The number of benzene rings is 3. The molecule has 4 nitrogen and oxygen atoms in total. The minimum atomic E-state index is -5.91. The van der Waals surface area contributed by atoms with Crippen molar-refractivity contribution >= 4 is 10.9 Å². The highest BCUT2D eigenvalue weighted by atomic mass is 19.4. The zero-order valence-corrected chi connectivity index (χ0v) is 20.9. The molecular weight excluding hydrogens is 520 g/mol. The zero-order valence-electron chi connectivity index (χ0n) is 20.9. The first-order valence-corrected chi connectivity index (χ1v) is 12.5. The van der Waals surface area contributed by atoms with Gasteiger partial charge in [-0.2, -0.15) is 26.3 Å². The molecule has 39 heavy (non-hydrogen) atoms. The third kappa shape index (κ3) is 5.54. The predicted molar refractivity (Wildman–Crippen MR) is 137 cm³/mol. The van der Waals surface area contributed by atoms with Crippen molar-refractivity contribution in [3.63, 3.8) is 0 Å². The lowest BCUT2D eigenvalue weighted by atomic mass is 9.90. The number of H-pyrrole nitrogens is 1. The Balaban J connectivity index is 1.17. The summed E-state index contributed by atoms with van der Waals surface area (Å²) in [4.78, 5) is 7.98. The molecule has 0 aliphatic carbocycles. The van der Waals surface area contributed by atoms with Crippen molar-refractivity contribution < 1.29 is 31.4 Å². The fraction of sp³-hybridized carbons (Fsp3) is 0.310. The number of fused-ring (bicyclic) bond motifs is 1. The van der Waals surface area contributed by atoms with Crippen LogP contribution in [-0.4, -0.2) is 58.4 Å². The van der Waals surface area contributed by atoms with Crippen LogP contribution >= 0.6 is 0 Å². The number of piperazine rings is 1. The Hall–Kier alpha value is -3.34.